The lowest BCUT2D eigenvalue weighted by Crippen LogP contribution is -2.02. The summed E-state index contributed by atoms with van der Waals surface area (Å²) in [6.07, 6.45) is 0. The Hall–Kier alpha value is 0.610. The van der Waals surface area contributed by atoms with E-state index >= 15 is 0 Å². The number of hydrogen-bond donors (Lipinski definition) is 0. The second-order valence-corrected chi connectivity index (χ2v) is 1.75. The highest BCUT2D eigenvalue weighted by Gasteiger charge is 1.82. The summed E-state index contributed by atoms with van der Waals surface area (Å²) in [7, 11) is 1.63. The van der Waals surface area contributed by atoms with Crippen molar-refractivity contribution >= 4 is 23.0 Å². The van der Waals surface area contributed by atoms with E-state index in [2.05, 4.69) is 3.07 Å². The number of methoxy groups -OCH3 is 1. The summed E-state index contributed by atoms with van der Waals surface area (Å²) < 4.78 is 14.2. The predicted molar refractivity (Wildman–Crippen MR) is 37.8 cm³/mol. The Morgan fingerprint density at radius 2 is 2.12 bits per heavy atom. The van der Waals surface area contributed by atoms with Crippen molar-refractivity contribution in [3.8, 4) is 0 Å². The van der Waals surface area contributed by atoms with Gasteiger partial charge >= 0.3 is 0 Å². The summed E-state index contributed by atoms with van der Waals surface area (Å²) >= 11 is 1.77. The minimum absolute atomic E-state index is 0.337. The molecular weight excluding hydrogens is 223 g/mol. The molecule has 0 aromatic carbocycles. The van der Waals surface area contributed by atoms with Crippen molar-refractivity contribution in [2.75, 3.05) is 27.1 Å². The third-order valence-corrected chi connectivity index (χ3v) is 0.814. The van der Waals surface area contributed by atoms with Gasteiger partial charge in [0.1, 0.15) is 23.0 Å². The summed E-state index contributed by atoms with van der Waals surface area (Å²) in [6.45, 7) is 1.56. The topological polar surface area (TPSA) is 27.7 Å². The van der Waals surface area contributed by atoms with Gasteiger partial charge in [0.2, 0.25) is 0 Å². The molecule has 0 unspecified atom stereocenters. The number of ether oxygens (including phenoxy) is 2. The van der Waals surface area contributed by atoms with E-state index in [-0.39, 0.29) is 0 Å². The lowest BCUT2D eigenvalue weighted by Gasteiger charge is -1.97. The van der Waals surface area contributed by atoms with E-state index in [0.29, 0.717) is 20.0 Å². The molecule has 4 heteroatoms. The molecule has 0 heterocycles. The zero-order valence-electron chi connectivity index (χ0n) is 4.72. The number of rotatable bonds is 5. The molecule has 8 heavy (non-hydrogen) atoms. The van der Waals surface area contributed by atoms with Crippen LogP contribution in [0.5, 0.6) is 0 Å². The van der Waals surface area contributed by atoms with Crippen LogP contribution in [0.4, 0.5) is 0 Å². The second-order valence-electron chi connectivity index (χ2n) is 1.13. The molecule has 0 spiro atoms. The molecule has 0 amide bonds. The molecule has 0 bridgehead atoms. The van der Waals surface area contributed by atoms with Gasteiger partial charge in [-0.1, -0.05) is 0 Å². The van der Waals surface area contributed by atoms with Crippen LogP contribution in [0.25, 0.3) is 0 Å². The first-order valence-electron chi connectivity index (χ1n) is 2.22. The highest BCUT2D eigenvalue weighted by atomic mass is 127. The zero-order valence-corrected chi connectivity index (χ0v) is 6.88. The monoisotopic (exact) mass is 232 g/mol. The molecule has 0 aliphatic carbocycles. The van der Waals surface area contributed by atoms with Gasteiger partial charge in [-0.3, -0.25) is 3.07 Å². The van der Waals surface area contributed by atoms with E-state index in [1.165, 1.54) is 0 Å². The Morgan fingerprint density at radius 1 is 1.38 bits per heavy atom. The quantitative estimate of drug-likeness (QED) is 0.401. The molecule has 0 saturated carbocycles. The minimum Gasteiger partial charge on any atom is -0.382 e. The maximum absolute atomic E-state index is 4.87. The standard InChI is InChI=1S/C4H9IO3/c1-6-2-3-7-4-8-5/h2-4H2,1H3. The molecule has 0 atom stereocenters. The zero-order chi connectivity index (χ0) is 6.24. The lowest BCUT2D eigenvalue weighted by molar-refractivity contribution is 0.0111. The van der Waals surface area contributed by atoms with Crippen LogP contribution in [0, 0.1) is 0 Å². The van der Waals surface area contributed by atoms with Gasteiger partial charge in [0.15, 0.2) is 6.79 Å². The Kier molecular flexibility index (Phi) is 8.19. The highest BCUT2D eigenvalue weighted by molar-refractivity contribution is 14.1. The van der Waals surface area contributed by atoms with Crippen LogP contribution in [0.15, 0.2) is 0 Å². The minimum atomic E-state index is 0.337. The summed E-state index contributed by atoms with van der Waals surface area (Å²) in [6, 6.07) is 0. The van der Waals surface area contributed by atoms with E-state index in [9.17, 15) is 0 Å². The highest BCUT2D eigenvalue weighted by Crippen LogP contribution is 1.84. The second kappa shape index (κ2) is 7.61. The van der Waals surface area contributed by atoms with Gasteiger partial charge in [-0.05, 0) is 0 Å². The molecular formula is C4H9IO3. The van der Waals surface area contributed by atoms with Gasteiger partial charge in [0.25, 0.3) is 0 Å². The normalized spacial score (nSPS) is 9.75. The number of hydrogen-bond acceptors (Lipinski definition) is 3. The lowest BCUT2D eigenvalue weighted by atomic mass is 10.8. The smallest absolute Gasteiger partial charge is 0.158 e. The average molecular weight is 232 g/mol. The van der Waals surface area contributed by atoms with Crippen LogP contribution in [-0.2, 0) is 12.5 Å². The van der Waals surface area contributed by atoms with E-state index < -0.39 is 0 Å². The Bertz CT molecular complexity index is 36.3. The van der Waals surface area contributed by atoms with Gasteiger partial charge < -0.3 is 9.47 Å². The maximum Gasteiger partial charge on any atom is 0.158 e. The van der Waals surface area contributed by atoms with E-state index in [1.54, 1.807) is 30.1 Å². The van der Waals surface area contributed by atoms with E-state index in [0.717, 1.165) is 0 Å². The Labute approximate surface area is 63.0 Å². The molecule has 0 fully saturated rings. The summed E-state index contributed by atoms with van der Waals surface area (Å²) in [4.78, 5) is 0. The summed E-state index contributed by atoms with van der Waals surface area (Å²) in [5.41, 5.74) is 0. The molecule has 3 nitrogen and oxygen atoms in total. The predicted octanol–water partition coefficient (Wildman–Crippen LogP) is 0.974. The van der Waals surface area contributed by atoms with Crippen LogP contribution < -0.4 is 0 Å². The van der Waals surface area contributed by atoms with Crippen molar-refractivity contribution in [3.05, 3.63) is 0 Å². The molecule has 0 aromatic heterocycles. The van der Waals surface area contributed by atoms with Crippen molar-refractivity contribution in [2.45, 2.75) is 0 Å². The van der Waals surface area contributed by atoms with Gasteiger partial charge in [0.05, 0.1) is 13.2 Å². The van der Waals surface area contributed by atoms with Crippen LogP contribution >= 0.6 is 23.0 Å². The maximum atomic E-state index is 4.87. The van der Waals surface area contributed by atoms with Crippen molar-refractivity contribution in [1.82, 2.24) is 0 Å². The Balaban J connectivity index is 2.53. The van der Waals surface area contributed by atoms with Crippen LogP contribution in [0.1, 0.15) is 0 Å². The third-order valence-electron chi connectivity index (χ3n) is 0.560. The van der Waals surface area contributed by atoms with Crippen LogP contribution in [0.2, 0.25) is 0 Å². The number of halogens is 1. The Morgan fingerprint density at radius 3 is 2.62 bits per heavy atom. The fraction of sp³-hybridized carbons (Fsp3) is 1.00. The van der Waals surface area contributed by atoms with Crippen molar-refractivity contribution in [2.24, 2.45) is 0 Å². The van der Waals surface area contributed by atoms with E-state index in [4.69, 9.17) is 9.47 Å². The third kappa shape index (κ3) is 6.61. The van der Waals surface area contributed by atoms with Gasteiger partial charge in [-0.15, -0.1) is 0 Å². The molecule has 0 aliphatic rings. The van der Waals surface area contributed by atoms with Gasteiger partial charge in [0, 0.05) is 7.11 Å². The first kappa shape index (κ1) is 8.61. The first-order chi connectivity index (χ1) is 3.91. The van der Waals surface area contributed by atoms with Crippen molar-refractivity contribution in [1.29, 1.82) is 0 Å². The molecule has 0 rings (SSSR count). The largest absolute Gasteiger partial charge is 0.382 e. The van der Waals surface area contributed by atoms with Crippen molar-refractivity contribution in [3.63, 3.8) is 0 Å². The van der Waals surface area contributed by atoms with Gasteiger partial charge in [-0.25, -0.2) is 0 Å². The summed E-state index contributed by atoms with van der Waals surface area (Å²) in [5, 5.41) is 0. The van der Waals surface area contributed by atoms with Crippen molar-refractivity contribution < 1.29 is 12.5 Å². The molecule has 0 saturated heterocycles. The fourth-order valence-electron chi connectivity index (χ4n) is 0.233. The summed E-state index contributed by atoms with van der Waals surface area (Å²) in [5.74, 6) is 0. The van der Waals surface area contributed by atoms with E-state index in [1.807, 2.05) is 0 Å². The molecule has 0 aliphatic heterocycles. The molecule has 0 radical (unpaired) electrons. The average Bonchev–Trinajstić information content (AvgIpc) is 1.81. The van der Waals surface area contributed by atoms with Gasteiger partial charge in [-0.2, -0.15) is 0 Å². The fourth-order valence-corrected chi connectivity index (χ4v) is 0.412. The molecule has 0 aromatic rings. The van der Waals surface area contributed by atoms with Crippen LogP contribution in [0.3, 0.4) is 0 Å². The first-order valence-corrected chi connectivity index (χ1v) is 3.10. The molecule has 0 N–H and O–H groups in total. The van der Waals surface area contributed by atoms with Crippen LogP contribution in [-0.4, -0.2) is 27.1 Å². The SMILES string of the molecule is COCCOCOI. The molecule has 50 valence electrons.